The number of aromatic nitrogens is 1. The molecule has 0 aliphatic heterocycles. The van der Waals surface area contributed by atoms with E-state index >= 15 is 0 Å². The van der Waals surface area contributed by atoms with Gasteiger partial charge in [0, 0.05) is 5.56 Å². The van der Waals surface area contributed by atoms with Gasteiger partial charge in [0.1, 0.15) is 17.2 Å². The van der Waals surface area contributed by atoms with Crippen LogP contribution in [0.4, 0.5) is 26.0 Å². The van der Waals surface area contributed by atoms with E-state index in [4.69, 9.17) is 11.6 Å². The Kier molecular flexibility index (Phi) is 5.89. The van der Waals surface area contributed by atoms with Crippen molar-refractivity contribution in [2.45, 2.75) is 20.3 Å². The van der Waals surface area contributed by atoms with Crippen LogP contribution in [-0.2, 0) is 0 Å². The summed E-state index contributed by atoms with van der Waals surface area (Å²) >= 11 is 0. The maximum absolute atomic E-state index is 14.0. The highest BCUT2D eigenvalue weighted by molar-refractivity contribution is 6.05. The van der Waals surface area contributed by atoms with Crippen molar-refractivity contribution >= 4 is 28.7 Å². The molecule has 2 rings (SSSR count). The van der Waals surface area contributed by atoms with Gasteiger partial charge in [-0.3, -0.25) is 4.79 Å². The summed E-state index contributed by atoms with van der Waals surface area (Å²) in [5.74, 6) is 3.11. The average molecular weight is 361 g/mol. The van der Waals surface area contributed by atoms with Gasteiger partial charge in [-0.2, -0.15) is 0 Å². The Labute approximate surface area is 150 Å². The molecule has 138 valence electrons. The molecule has 1 aromatic carbocycles. The summed E-state index contributed by atoms with van der Waals surface area (Å²) in [6, 6.07) is 3.58. The highest BCUT2D eigenvalue weighted by atomic mass is 19.1. The van der Waals surface area contributed by atoms with E-state index in [0.29, 0.717) is 23.7 Å². The number of hydrogen-bond acceptors (Lipinski definition) is 5. The van der Waals surface area contributed by atoms with Crippen LogP contribution in [0.1, 0.15) is 36.2 Å². The van der Waals surface area contributed by atoms with Gasteiger partial charge in [-0.1, -0.05) is 20.4 Å². The summed E-state index contributed by atoms with van der Waals surface area (Å²) in [6.07, 6.45) is 2.01. The Morgan fingerprint density at radius 2 is 2.04 bits per heavy atom. The molecule has 0 bridgehead atoms. The molecule has 0 fully saturated rings. The van der Waals surface area contributed by atoms with E-state index in [-0.39, 0.29) is 11.4 Å². The van der Waals surface area contributed by atoms with Crippen LogP contribution in [0.2, 0.25) is 0 Å². The third kappa shape index (κ3) is 4.15. The van der Waals surface area contributed by atoms with Crippen LogP contribution in [0.25, 0.3) is 5.57 Å². The number of hydrogen-bond donors (Lipinski definition) is 4. The Hall–Kier alpha value is -3.00. The summed E-state index contributed by atoms with van der Waals surface area (Å²) in [6.45, 7) is 8.07. The van der Waals surface area contributed by atoms with Crippen LogP contribution in [0.3, 0.4) is 0 Å². The monoisotopic (exact) mass is 361 g/mol. The number of halogens is 2. The average Bonchev–Trinajstić information content (AvgIpc) is 2.58. The first-order chi connectivity index (χ1) is 12.2. The first-order valence-electron chi connectivity index (χ1n) is 7.94. The van der Waals surface area contributed by atoms with Gasteiger partial charge >= 0.3 is 0 Å². The maximum atomic E-state index is 14.0. The van der Waals surface area contributed by atoms with Crippen LogP contribution in [-0.4, -0.2) is 10.9 Å². The highest BCUT2D eigenvalue weighted by Gasteiger charge is 2.20. The minimum absolute atomic E-state index is 0.245. The van der Waals surface area contributed by atoms with E-state index in [9.17, 15) is 13.6 Å². The molecule has 1 amide bonds. The maximum Gasteiger partial charge on any atom is 0.261 e. The van der Waals surface area contributed by atoms with Crippen LogP contribution in [0.5, 0.6) is 0 Å². The van der Waals surface area contributed by atoms with Crippen LogP contribution >= 0.6 is 0 Å². The fourth-order valence-corrected chi connectivity index (χ4v) is 2.49. The van der Waals surface area contributed by atoms with Gasteiger partial charge in [0.25, 0.3) is 5.91 Å². The van der Waals surface area contributed by atoms with E-state index in [0.717, 1.165) is 17.7 Å². The Morgan fingerprint density at radius 3 is 2.65 bits per heavy atom. The summed E-state index contributed by atoms with van der Waals surface area (Å²) in [5.41, 5.74) is 8.41. The Bertz CT molecular complexity index is 852. The van der Waals surface area contributed by atoms with Gasteiger partial charge in [0.2, 0.25) is 0 Å². The van der Waals surface area contributed by atoms with Crippen molar-refractivity contribution in [3.8, 4) is 0 Å². The van der Waals surface area contributed by atoms with E-state index in [1.54, 1.807) is 6.07 Å². The number of allylic oxidation sites excluding steroid dienone is 1. The number of hydrazine groups is 1. The lowest BCUT2D eigenvalue weighted by molar-refractivity contribution is 0.101. The third-order valence-electron chi connectivity index (χ3n) is 3.67. The molecular weight excluding hydrogens is 340 g/mol. The minimum atomic E-state index is -1.11. The van der Waals surface area contributed by atoms with Crippen LogP contribution in [0, 0.1) is 17.6 Å². The van der Waals surface area contributed by atoms with Crippen molar-refractivity contribution in [3.63, 3.8) is 0 Å². The summed E-state index contributed by atoms with van der Waals surface area (Å²) in [4.78, 5) is 16.4. The second-order valence-electron chi connectivity index (χ2n) is 6.25. The quantitative estimate of drug-likeness (QED) is 0.358. The van der Waals surface area contributed by atoms with E-state index < -0.39 is 23.1 Å². The number of nitrogen functional groups attached to an aromatic ring is 2. The molecule has 26 heavy (non-hydrogen) atoms. The molecule has 2 aromatic rings. The van der Waals surface area contributed by atoms with Gasteiger partial charge in [0.15, 0.2) is 5.82 Å². The van der Waals surface area contributed by atoms with Crippen LogP contribution in [0.15, 0.2) is 31.0 Å². The molecule has 0 radical (unpaired) electrons. The molecule has 0 spiro atoms. The SMILES string of the molecule is C=C(CC(C)C)c1cc(NC(=O)c2c(F)ccc(N)c2F)cnc1NN. The molecule has 0 aliphatic rings. The zero-order chi connectivity index (χ0) is 19.4. The predicted octanol–water partition coefficient (Wildman–Crippen LogP) is 3.54. The summed E-state index contributed by atoms with van der Waals surface area (Å²) in [5, 5.41) is 2.42. The molecule has 0 aliphatic carbocycles. The molecule has 0 saturated carbocycles. The third-order valence-corrected chi connectivity index (χ3v) is 3.67. The fourth-order valence-electron chi connectivity index (χ4n) is 2.49. The first-order valence-corrected chi connectivity index (χ1v) is 7.94. The molecule has 8 heteroatoms. The fraction of sp³-hybridized carbons (Fsp3) is 0.222. The van der Waals surface area contributed by atoms with Gasteiger partial charge < -0.3 is 16.5 Å². The van der Waals surface area contributed by atoms with Gasteiger partial charge in [-0.05, 0) is 36.1 Å². The number of pyridine rings is 1. The molecular formula is C18H21F2N5O. The number of nitrogens with one attached hydrogen (secondary N) is 2. The predicted molar refractivity (Wildman–Crippen MR) is 99.3 cm³/mol. The Balaban J connectivity index is 2.34. The molecule has 6 N–H and O–H groups in total. The summed E-state index contributed by atoms with van der Waals surface area (Å²) in [7, 11) is 0. The van der Waals surface area contributed by atoms with E-state index in [1.807, 2.05) is 13.8 Å². The number of rotatable bonds is 6. The van der Waals surface area contributed by atoms with Crippen molar-refractivity contribution in [1.29, 1.82) is 0 Å². The largest absolute Gasteiger partial charge is 0.396 e. The molecule has 0 saturated heterocycles. The molecule has 0 atom stereocenters. The van der Waals surface area contributed by atoms with E-state index in [2.05, 4.69) is 22.3 Å². The lowest BCUT2D eigenvalue weighted by atomic mass is 9.98. The Morgan fingerprint density at radius 1 is 1.35 bits per heavy atom. The zero-order valence-electron chi connectivity index (χ0n) is 14.6. The summed E-state index contributed by atoms with van der Waals surface area (Å²) < 4.78 is 27.8. The standard InChI is InChI=1S/C18H21F2N5O/c1-9(2)6-10(3)12-7-11(8-23-17(12)25-22)24-18(26)15-13(19)4-5-14(21)16(15)20/h4-5,7-9H,3,6,21-22H2,1-2H3,(H,23,25)(H,24,26). The second kappa shape index (κ2) is 7.92. The van der Waals surface area contributed by atoms with Crippen molar-refractivity contribution in [2.24, 2.45) is 11.8 Å². The number of nitrogens with two attached hydrogens (primary N) is 2. The van der Waals surface area contributed by atoms with Gasteiger partial charge in [-0.15, -0.1) is 0 Å². The van der Waals surface area contributed by atoms with Crippen molar-refractivity contribution in [3.05, 3.63) is 53.7 Å². The molecule has 1 heterocycles. The molecule has 6 nitrogen and oxygen atoms in total. The number of nitrogens with zero attached hydrogens (tertiary/aromatic N) is 1. The molecule has 1 aromatic heterocycles. The molecule has 0 unspecified atom stereocenters. The lowest BCUT2D eigenvalue weighted by Crippen LogP contribution is -2.18. The lowest BCUT2D eigenvalue weighted by Gasteiger charge is -2.15. The minimum Gasteiger partial charge on any atom is -0.396 e. The topological polar surface area (TPSA) is 106 Å². The first kappa shape index (κ1) is 19.3. The van der Waals surface area contributed by atoms with E-state index in [1.165, 1.54) is 6.20 Å². The van der Waals surface area contributed by atoms with Gasteiger partial charge in [-0.25, -0.2) is 19.6 Å². The van der Waals surface area contributed by atoms with Crippen molar-refractivity contribution in [1.82, 2.24) is 4.98 Å². The normalized spacial score (nSPS) is 10.7. The van der Waals surface area contributed by atoms with Gasteiger partial charge in [0.05, 0.1) is 17.6 Å². The van der Waals surface area contributed by atoms with Crippen LogP contribution < -0.4 is 22.3 Å². The van der Waals surface area contributed by atoms with Crippen molar-refractivity contribution in [2.75, 3.05) is 16.5 Å². The zero-order valence-corrected chi connectivity index (χ0v) is 14.6. The highest BCUT2D eigenvalue weighted by Crippen LogP contribution is 2.28. The number of carbonyl (C=O) groups excluding carboxylic acids is 1. The second-order valence-corrected chi connectivity index (χ2v) is 6.25. The number of anilines is 3. The number of benzene rings is 1. The smallest absolute Gasteiger partial charge is 0.261 e. The number of carbonyl (C=O) groups is 1. The number of amides is 1. The van der Waals surface area contributed by atoms with Crippen molar-refractivity contribution < 1.29 is 13.6 Å².